The summed E-state index contributed by atoms with van der Waals surface area (Å²) in [5.74, 6) is 0.841. The maximum atomic E-state index is 4.29. The van der Waals surface area contributed by atoms with Gasteiger partial charge in [0, 0.05) is 30.7 Å². The normalized spacial score (nSPS) is 28.5. The summed E-state index contributed by atoms with van der Waals surface area (Å²) in [6.45, 7) is 3.77. The number of piperidine rings is 3. The SMILES string of the molecule is c1cc(NC2CN3CCC2CC3)cc(-n2cccn2)c1. The van der Waals surface area contributed by atoms with Crippen molar-refractivity contribution < 1.29 is 0 Å². The lowest BCUT2D eigenvalue weighted by Crippen LogP contribution is -2.53. The first-order valence-corrected chi connectivity index (χ1v) is 7.47. The van der Waals surface area contributed by atoms with Crippen molar-refractivity contribution in [3.63, 3.8) is 0 Å². The van der Waals surface area contributed by atoms with Crippen molar-refractivity contribution in [2.45, 2.75) is 18.9 Å². The molecule has 104 valence electrons. The molecule has 3 fully saturated rings. The lowest BCUT2D eigenvalue weighted by Gasteiger charge is -2.45. The van der Waals surface area contributed by atoms with Gasteiger partial charge in [-0.3, -0.25) is 0 Å². The molecule has 1 aromatic carbocycles. The fourth-order valence-corrected chi connectivity index (χ4v) is 3.50. The molecule has 0 aliphatic carbocycles. The van der Waals surface area contributed by atoms with Gasteiger partial charge in [0.25, 0.3) is 0 Å². The summed E-state index contributed by atoms with van der Waals surface area (Å²) < 4.78 is 1.90. The largest absolute Gasteiger partial charge is 0.381 e. The number of rotatable bonds is 3. The minimum absolute atomic E-state index is 0.602. The summed E-state index contributed by atoms with van der Waals surface area (Å²) >= 11 is 0. The molecule has 1 atom stereocenters. The van der Waals surface area contributed by atoms with Gasteiger partial charge in [-0.05, 0) is 56.1 Å². The number of nitrogens with zero attached hydrogens (tertiary/aromatic N) is 3. The lowest BCUT2D eigenvalue weighted by atomic mass is 9.84. The number of aromatic nitrogens is 2. The number of hydrogen-bond acceptors (Lipinski definition) is 3. The van der Waals surface area contributed by atoms with Gasteiger partial charge in [0.05, 0.1) is 5.69 Å². The number of benzene rings is 1. The van der Waals surface area contributed by atoms with E-state index in [1.807, 2.05) is 23.1 Å². The second-order valence-corrected chi connectivity index (χ2v) is 5.89. The average Bonchev–Trinajstić information content (AvgIpc) is 3.03. The summed E-state index contributed by atoms with van der Waals surface area (Å²) in [6, 6.07) is 11.1. The Morgan fingerprint density at radius 1 is 1.15 bits per heavy atom. The molecular weight excluding hydrogens is 248 g/mol. The quantitative estimate of drug-likeness (QED) is 0.928. The van der Waals surface area contributed by atoms with Crippen molar-refractivity contribution in [2.24, 2.45) is 5.92 Å². The first-order valence-electron chi connectivity index (χ1n) is 7.47. The predicted molar refractivity (Wildman–Crippen MR) is 80.1 cm³/mol. The van der Waals surface area contributed by atoms with Gasteiger partial charge in [-0.2, -0.15) is 5.10 Å². The Bertz CT molecular complexity index is 570. The van der Waals surface area contributed by atoms with Gasteiger partial charge in [-0.25, -0.2) is 4.68 Å². The number of hydrogen-bond donors (Lipinski definition) is 1. The highest BCUT2D eigenvalue weighted by Gasteiger charge is 2.33. The van der Waals surface area contributed by atoms with Gasteiger partial charge in [0.2, 0.25) is 0 Å². The second kappa shape index (κ2) is 4.94. The second-order valence-electron chi connectivity index (χ2n) is 5.89. The van der Waals surface area contributed by atoms with Gasteiger partial charge >= 0.3 is 0 Å². The maximum Gasteiger partial charge on any atom is 0.0666 e. The third-order valence-corrected chi connectivity index (χ3v) is 4.62. The predicted octanol–water partition coefficient (Wildman–Crippen LogP) is 2.38. The molecule has 0 radical (unpaired) electrons. The third kappa shape index (κ3) is 2.20. The van der Waals surface area contributed by atoms with E-state index in [1.54, 1.807) is 0 Å². The smallest absolute Gasteiger partial charge is 0.0666 e. The zero-order valence-electron chi connectivity index (χ0n) is 11.6. The van der Waals surface area contributed by atoms with E-state index in [4.69, 9.17) is 0 Å². The van der Waals surface area contributed by atoms with Crippen LogP contribution in [-0.2, 0) is 0 Å². The van der Waals surface area contributed by atoms with E-state index >= 15 is 0 Å². The third-order valence-electron chi connectivity index (χ3n) is 4.62. The monoisotopic (exact) mass is 268 g/mol. The molecule has 3 aliphatic rings. The number of fused-ring (bicyclic) bond motifs is 3. The molecule has 3 aliphatic heterocycles. The van der Waals surface area contributed by atoms with Gasteiger partial charge in [0.1, 0.15) is 0 Å². The van der Waals surface area contributed by atoms with E-state index < -0.39 is 0 Å². The molecule has 0 spiro atoms. The van der Waals surface area contributed by atoms with E-state index in [0.29, 0.717) is 6.04 Å². The Kier molecular flexibility index (Phi) is 2.96. The van der Waals surface area contributed by atoms with Crippen LogP contribution >= 0.6 is 0 Å². The Labute approximate surface area is 119 Å². The molecule has 20 heavy (non-hydrogen) atoms. The molecule has 4 nitrogen and oxygen atoms in total. The first kappa shape index (κ1) is 12.0. The minimum atomic E-state index is 0.602. The van der Waals surface area contributed by atoms with Gasteiger partial charge in [0.15, 0.2) is 0 Å². The van der Waals surface area contributed by atoms with Crippen molar-refractivity contribution in [2.75, 3.05) is 25.0 Å². The molecule has 3 saturated heterocycles. The highest BCUT2D eigenvalue weighted by atomic mass is 15.3. The van der Waals surface area contributed by atoms with Crippen LogP contribution in [-0.4, -0.2) is 40.4 Å². The fourth-order valence-electron chi connectivity index (χ4n) is 3.50. The molecule has 5 rings (SSSR count). The van der Waals surface area contributed by atoms with E-state index in [2.05, 4.69) is 39.6 Å². The Morgan fingerprint density at radius 3 is 2.75 bits per heavy atom. The van der Waals surface area contributed by atoms with Crippen LogP contribution in [0.2, 0.25) is 0 Å². The molecule has 2 bridgehead atoms. The van der Waals surface area contributed by atoms with E-state index in [1.165, 1.54) is 38.2 Å². The zero-order chi connectivity index (χ0) is 13.4. The van der Waals surface area contributed by atoms with E-state index in [9.17, 15) is 0 Å². The van der Waals surface area contributed by atoms with Gasteiger partial charge < -0.3 is 10.2 Å². The van der Waals surface area contributed by atoms with Crippen LogP contribution in [0.15, 0.2) is 42.7 Å². The summed E-state index contributed by atoms with van der Waals surface area (Å²) in [4.78, 5) is 2.58. The summed E-state index contributed by atoms with van der Waals surface area (Å²) in [5.41, 5.74) is 2.32. The molecule has 1 unspecified atom stereocenters. The standard InChI is InChI=1S/C16H20N4/c1-3-14(11-15(4-1)20-8-2-7-17-20)18-16-12-19-9-5-13(16)6-10-19/h1-4,7-8,11,13,16,18H,5-6,9-10,12H2. The van der Waals surface area contributed by atoms with Gasteiger partial charge in [-0.15, -0.1) is 0 Å². The minimum Gasteiger partial charge on any atom is -0.381 e. The highest BCUT2D eigenvalue weighted by Crippen LogP contribution is 2.30. The van der Waals surface area contributed by atoms with Crippen LogP contribution in [0.25, 0.3) is 5.69 Å². The van der Waals surface area contributed by atoms with Crippen LogP contribution in [0.1, 0.15) is 12.8 Å². The fraction of sp³-hybridized carbons (Fsp3) is 0.438. The number of nitrogens with one attached hydrogen (secondary N) is 1. The highest BCUT2D eigenvalue weighted by molar-refractivity contribution is 5.51. The van der Waals surface area contributed by atoms with Crippen LogP contribution in [0.5, 0.6) is 0 Å². The van der Waals surface area contributed by atoms with Crippen LogP contribution in [0.4, 0.5) is 5.69 Å². The number of anilines is 1. The Balaban J connectivity index is 1.53. The van der Waals surface area contributed by atoms with Crippen molar-refractivity contribution in [3.8, 4) is 5.69 Å². The maximum absolute atomic E-state index is 4.29. The topological polar surface area (TPSA) is 33.1 Å². The van der Waals surface area contributed by atoms with Crippen LogP contribution < -0.4 is 5.32 Å². The molecule has 0 amide bonds. The Morgan fingerprint density at radius 2 is 2.05 bits per heavy atom. The molecule has 2 aromatic rings. The molecule has 0 saturated carbocycles. The summed E-state index contributed by atoms with van der Waals surface area (Å²) in [5, 5.41) is 8.03. The van der Waals surface area contributed by atoms with Crippen molar-refractivity contribution in [1.29, 1.82) is 0 Å². The lowest BCUT2D eigenvalue weighted by molar-refractivity contribution is 0.0975. The van der Waals surface area contributed by atoms with Crippen molar-refractivity contribution in [3.05, 3.63) is 42.7 Å². The molecule has 1 aromatic heterocycles. The molecule has 1 N–H and O–H groups in total. The van der Waals surface area contributed by atoms with Crippen LogP contribution in [0, 0.1) is 5.92 Å². The zero-order valence-corrected chi connectivity index (χ0v) is 11.6. The van der Waals surface area contributed by atoms with E-state index in [-0.39, 0.29) is 0 Å². The summed E-state index contributed by atoms with van der Waals surface area (Å²) in [6.07, 6.45) is 6.48. The van der Waals surface area contributed by atoms with Gasteiger partial charge in [-0.1, -0.05) is 6.07 Å². The summed E-state index contributed by atoms with van der Waals surface area (Å²) in [7, 11) is 0. The average molecular weight is 268 g/mol. The molecule has 4 heterocycles. The molecular formula is C16H20N4. The van der Waals surface area contributed by atoms with Crippen molar-refractivity contribution >= 4 is 5.69 Å². The Hall–Kier alpha value is -1.81. The van der Waals surface area contributed by atoms with Crippen molar-refractivity contribution in [1.82, 2.24) is 14.7 Å². The molecule has 4 heteroatoms. The van der Waals surface area contributed by atoms with E-state index in [0.717, 1.165) is 11.6 Å². The first-order chi connectivity index (χ1) is 9.88. The van der Waals surface area contributed by atoms with Crippen LogP contribution in [0.3, 0.4) is 0 Å².